The first kappa shape index (κ1) is 22.6. The van der Waals surface area contributed by atoms with Crippen molar-refractivity contribution in [2.75, 3.05) is 6.61 Å². The van der Waals surface area contributed by atoms with E-state index in [-0.39, 0.29) is 11.2 Å². The van der Waals surface area contributed by atoms with E-state index in [4.69, 9.17) is 4.74 Å². The fraction of sp³-hybridized carbons (Fsp3) is 0.192. The van der Waals surface area contributed by atoms with Crippen LogP contribution in [0.25, 0.3) is 17.1 Å². The zero-order valence-corrected chi connectivity index (χ0v) is 19.5. The monoisotopic (exact) mass is 458 g/mol. The van der Waals surface area contributed by atoms with E-state index in [2.05, 4.69) is 15.5 Å². The van der Waals surface area contributed by atoms with Gasteiger partial charge in [-0.15, -0.1) is 10.2 Å². The molecule has 168 valence electrons. The standard InChI is InChI=1S/C26H26N4O2S/c1-3-32-23-16-14-22(15-17-23)30-24(21-12-8-5-9-13-21)28-29-26(30)33-19(2)25(31)27-18-20-10-6-4-7-11-20/h4-17,19H,3,18H2,1-2H3,(H,27,31). The van der Waals surface area contributed by atoms with E-state index in [0.29, 0.717) is 18.3 Å². The van der Waals surface area contributed by atoms with Crippen molar-refractivity contribution in [3.05, 3.63) is 90.5 Å². The molecule has 0 fully saturated rings. The summed E-state index contributed by atoms with van der Waals surface area (Å²) in [6.45, 7) is 4.94. The van der Waals surface area contributed by atoms with Gasteiger partial charge >= 0.3 is 0 Å². The molecule has 1 aromatic heterocycles. The molecule has 1 atom stereocenters. The number of hydrogen-bond donors (Lipinski definition) is 1. The number of amides is 1. The lowest BCUT2D eigenvalue weighted by Crippen LogP contribution is -2.30. The summed E-state index contributed by atoms with van der Waals surface area (Å²) in [7, 11) is 0. The van der Waals surface area contributed by atoms with Crippen molar-refractivity contribution in [2.24, 2.45) is 0 Å². The van der Waals surface area contributed by atoms with Crippen LogP contribution in [0.2, 0.25) is 0 Å². The Kier molecular flexibility index (Phi) is 7.42. The van der Waals surface area contributed by atoms with Gasteiger partial charge in [0.2, 0.25) is 5.91 Å². The molecule has 0 aliphatic rings. The molecule has 4 rings (SSSR count). The summed E-state index contributed by atoms with van der Waals surface area (Å²) in [4.78, 5) is 12.8. The second-order valence-corrected chi connectivity index (χ2v) is 8.71. The van der Waals surface area contributed by atoms with Crippen LogP contribution in [0.4, 0.5) is 0 Å². The number of hydrogen-bond acceptors (Lipinski definition) is 5. The van der Waals surface area contributed by atoms with Gasteiger partial charge in [-0.3, -0.25) is 9.36 Å². The van der Waals surface area contributed by atoms with Crippen molar-refractivity contribution in [3.8, 4) is 22.8 Å². The Hall–Kier alpha value is -3.58. The van der Waals surface area contributed by atoms with E-state index in [0.717, 1.165) is 28.4 Å². The number of carbonyl (C=O) groups is 1. The molecule has 4 aromatic rings. The van der Waals surface area contributed by atoms with Crippen molar-refractivity contribution >= 4 is 17.7 Å². The van der Waals surface area contributed by atoms with Crippen molar-refractivity contribution in [2.45, 2.75) is 30.8 Å². The maximum atomic E-state index is 12.8. The average Bonchev–Trinajstić information content (AvgIpc) is 3.27. The van der Waals surface area contributed by atoms with Crippen LogP contribution >= 0.6 is 11.8 Å². The second-order valence-electron chi connectivity index (χ2n) is 7.40. The first-order valence-electron chi connectivity index (χ1n) is 10.9. The summed E-state index contributed by atoms with van der Waals surface area (Å²) >= 11 is 1.38. The summed E-state index contributed by atoms with van der Waals surface area (Å²) in [5.41, 5.74) is 2.92. The number of aromatic nitrogens is 3. The second kappa shape index (κ2) is 10.8. The lowest BCUT2D eigenvalue weighted by atomic mass is 10.2. The van der Waals surface area contributed by atoms with E-state index in [1.54, 1.807) is 0 Å². The fourth-order valence-corrected chi connectivity index (χ4v) is 4.24. The van der Waals surface area contributed by atoms with Crippen LogP contribution in [-0.4, -0.2) is 32.5 Å². The first-order valence-corrected chi connectivity index (χ1v) is 11.8. The highest BCUT2D eigenvalue weighted by atomic mass is 32.2. The molecule has 0 bridgehead atoms. The van der Waals surface area contributed by atoms with Gasteiger partial charge in [-0.05, 0) is 43.7 Å². The molecule has 6 nitrogen and oxygen atoms in total. The number of ether oxygens (including phenoxy) is 1. The summed E-state index contributed by atoms with van der Waals surface area (Å²) in [5, 5.41) is 12.2. The molecule has 0 spiro atoms. The average molecular weight is 459 g/mol. The quantitative estimate of drug-likeness (QED) is 0.352. The molecular weight excluding hydrogens is 432 g/mol. The molecule has 1 N–H and O–H groups in total. The molecule has 0 saturated carbocycles. The van der Waals surface area contributed by atoms with Crippen LogP contribution in [0.3, 0.4) is 0 Å². The van der Waals surface area contributed by atoms with Crippen LogP contribution in [0.5, 0.6) is 5.75 Å². The molecule has 1 unspecified atom stereocenters. The highest BCUT2D eigenvalue weighted by Crippen LogP contribution is 2.31. The van der Waals surface area contributed by atoms with E-state index < -0.39 is 0 Å². The number of benzene rings is 3. The third kappa shape index (κ3) is 5.62. The van der Waals surface area contributed by atoms with Gasteiger partial charge in [0.15, 0.2) is 11.0 Å². The number of carbonyl (C=O) groups excluding carboxylic acids is 1. The first-order chi connectivity index (χ1) is 16.2. The largest absolute Gasteiger partial charge is 0.494 e. The van der Waals surface area contributed by atoms with Crippen molar-refractivity contribution in [1.29, 1.82) is 0 Å². The molecule has 7 heteroatoms. The predicted molar refractivity (Wildman–Crippen MR) is 132 cm³/mol. The molecule has 3 aromatic carbocycles. The molecule has 1 heterocycles. The fourth-order valence-electron chi connectivity index (χ4n) is 3.35. The highest BCUT2D eigenvalue weighted by Gasteiger charge is 2.22. The lowest BCUT2D eigenvalue weighted by Gasteiger charge is -2.14. The minimum atomic E-state index is -0.344. The third-order valence-electron chi connectivity index (χ3n) is 5.03. The molecular formula is C26H26N4O2S. The zero-order valence-electron chi connectivity index (χ0n) is 18.6. The molecule has 0 aliphatic heterocycles. The number of thioether (sulfide) groups is 1. The Morgan fingerprint density at radius 2 is 1.64 bits per heavy atom. The summed E-state index contributed by atoms with van der Waals surface area (Å²) in [6.07, 6.45) is 0. The number of nitrogens with one attached hydrogen (secondary N) is 1. The molecule has 1 amide bonds. The van der Waals surface area contributed by atoms with Gasteiger partial charge in [-0.2, -0.15) is 0 Å². The van der Waals surface area contributed by atoms with Crippen LogP contribution in [0, 0.1) is 0 Å². The van der Waals surface area contributed by atoms with Gasteiger partial charge in [-0.25, -0.2) is 0 Å². The highest BCUT2D eigenvalue weighted by molar-refractivity contribution is 8.00. The summed E-state index contributed by atoms with van der Waals surface area (Å²) in [5.74, 6) is 1.48. The van der Waals surface area contributed by atoms with Crippen LogP contribution in [-0.2, 0) is 11.3 Å². The van der Waals surface area contributed by atoms with Gasteiger partial charge in [0.05, 0.1) is 11.9 Å². The Labute approximate surface area is 198 Å². The SMILES string of the molecule is CCOc1ccc(-n2c(SC(C)C(=O)NCc3ccccc3)nnc2-c2ccccc2)cc1. The Morgan fingerprint density at radius 1 is 0.970 bits per heavy atom. The lowest BCUT2D eigenvalue weighted by molar-refractivity contribution is -0.120. The molecule has 0 radical (unpaired) electrons. The Morgan fingerprint density at radius 3 is 2.30 bits per heavy atom. The summed E-state index contributed by atoms with van der Waals surface area (Å²) < 4.78 is 7.57. The Bertz CT molecular complexity index is 1180. The molecule has 0 saturated heterocycles. The van der Waals surface area contributed by atoms with E-state index in [1.165, 1.54) is 11.8 Å². The van der Waals surface area contributed by atoms with Crippen molar-refractivity contribution in [1.82, 2.24) is 20.1 Å². The molecule has 33 heavy (non-hydrogen) atoms. The summed E-state index contributed by atoms with van der Waals surface area (Å²) in [6, 6.07) is 27.6. The normalized spacial score (nSPS) is 11.7. The van der Waals surface area contributed by atoms with Crippen molar-refractivity contribution < 1.29 is 9.53 Å². The zero-order chi connectivity index (χ0) is 23.0. The third-order valence-corrected chi connectivity index (χ3v) is 6.07. The van der Waals surface area contributed by atoms with Crippen molar-refractivity contribution in [3.63, 3.8) is 0 Å². The molecule has 0 aliphatic carbocycles. The van der Waals surface area contributed by atoms with E-state index >= 15 is 0 Å². The minimum Gasteiger partial charge on any atom is -0.494 e. The maximum Gasteiger partial charge on any atom is 0.233 e. The topological polar surface area (TPSA) is 69.0 Å². The van der Waals surface area contributed by atoms with Gasteiger partial charge in [-0.1, -0.05) is 72.4 Å². The number of rotatable bonds is 9. The minimum absolute atomic E-state index is 0.0497. The number of nitrogens with zero attached hydrogens (tertiary/aromatic N) is 3. The van der Waals surface area contributed by atoms with Gasteiger partial charge in [0.1, 0.15) is 5.75 Å². The predicted octanol–water partition coefficient (Wildman–Crippen LogP) is 5.13. The van der Waals surface area contributed by atoms with Gasteiger partial charge in [0, 0.05) is 17.8 Å². The van der Waals surface area contributed by atoms with Crippen LogP contribution < -0.4 is 10.1 Å². The van der Waals surface area contributed by atoms with Crippen LogP contribution in [0.1, 0.15) is 19.4 Å². The van der Waals surface area contributed by atoms with E-state index in [1.807, 2.05) is 103 Å². The maximum absolute atomic E-state index is 12.8. The van der Waals surface area contributed by atoms with Gasteiger partial charge in [0.25, 0.3) is 0 Å². The van der Waals surface area contributed by atoms with Gasteiger partial charge < -0.3 is 10.1 Å². The van der Waals surface area contributed by atoms with E-state index in [9.17, 15) is 4.79 Å². The smallest absolute Gasteiger partial charge is 0.233 e. The van der Waals surface area contributed by atoms with Crippen LogP contribution in [0.15, 0.2) is 90.1 Å². The Balaban J connectivity index is 1.58.